The fraction of sp³-hybridized carbons (Fsp3) is 0.167. The van der Waals surface area contributed by atoms with Crippen molar-refractivity contribution in [2.24, 2.45) is 0 Å². The smallest absolute Gasteiger partial charge is 0.0911 e. The molecule has 2 rings (SSSR count). The highest BCUT2D eigenvalue weighted by Crippen LogP contribution is 2.24. The molecule has 0 spiro atoms. The Morgan fingerprint density at radius 3 is 3.00 bits per heavy atom. The van der Waals surface area contributed by atoms with Crippen LogP contribution in [-0.4, -0.2) is 9.78 Å². The van der Waals surface area contributed by atoms with Crippen LogP contribution in [0.2, 0.25) is 5.02 Å². The van der Waals surface area contributed by atoms with Gasteiger partial charge in [0.25, 0.3) is 0 Å². The lowest BCUT2D eigenvalue weighted by Gasteiger charge is -2.06. The van der Waals surface area contributed by atoms with Crippen molar-refractivity contribution >= 4 is 27.5 Å². The van der Waals surface area contributed by atoms with E-state index < -0.39 is 0 Å². The summed E-state index contributed by atoms with van der Waals surface area (Å²) < 4.78 is 2.57. The van der Waals surface area contributed by atoms with Gasteiger partial charge in [-0.3, -0.25) is 0 Å². The third-order valence-electron chi connectivity index (χ3n) is 2.47. The van der Waals surface area contributed by atoms with Gasteiger partial charge in [0, 0.05) is 11.2 Å². The summed E-state index contributed by atoms with van der Waals surface area (Å²) in [5, 5.41) is 13.7. The molecule has 0 fully saturated rings. The van der Waals surface area contributed by atoms with E-state index in [-0.39, 0.29) is 6.42 Å². The van der Waals surface area contributed by atoms with Crippen molar-refractivity contribution in [1.29, 1.82) is 5.26 Å². The lowest BCUT2D eigenvalue weighted by atomic mass is 10.2. The molecule has 0 saturated heterocycles. The summed E-state index contributed by atoms with van der Waals surface area (Å²) in [5.74, 6) is 0. The number of halogens is 2. The van der Waals surface area contributed by atoms with Crippen LogP contribution in [-0.2, 0) is 6.42 Å². The van der Waals surface area contributed by atoms with E-state index in [4.69, 9.17) is 16.9 Å². The number of aromatic nitrogens is 2. The maximum absolute atomic E-state index is 8.68. The number of nitriles is 1. The van der Waals surface area contributed by atoms with Crippen molar-refractivity contribution in [3.05, 3.63) is 45.1 Å². The van der Waals surface area contributed by atoms with Gasteiger partial charge in [-0.25, -0.2) is 4.68 Å². The molecule has 1 aromatic carbocycles. The first kappa shape index (κ1) is 12.2. The number of hydrogen-bond acceptors (Lipinski definition) is 2. The van der Waals surface area contributed by atoms with Gasteiger partial charge in [-0.05, 0) is 40.5 Å². The molecule has 0 amide bonds. The predicted octanol–water partition coefficient (Wildman–Crippen LogP) is 3.66. The van der Waals surface area contributed by atoms with Gasteiger partial charge in [-0.1, -0.05) is 17.7 Å². The van der Waals surface area contributed by atoms with Gasteiger partial charge < -0.3 is 0 Å². The van der Waals surface area contributed by atoms with E-state index in [0.717, 1.165) is 21.4 Å². The number of rotatable bonds is 2. The highest BCUT2D eigenvalue weighted by Gasteiger charge is 2.10. The van der Waals surface area contributed by atoms with E-state index in [1.807, 2.05) is 31.3 Å². The van der Waals surface area contributed by atoms with Crippen molar-refractivity contribution in [2.75, 3.05) is 0 Å². The molecule has 5 heteroatoms. The second-order valence-electron chi connectivity index (χ2n) is 3.59. The molecule has 2 aromatic rings. The zero-order valence-corrected chi connectivity index (χ0v) is 11.5. The van der Waals surface area contributed by atoms with Crippen LogP contribution in [0.1, 0.15) is 11.3 Å². The fourth-order valence-corrected chi connectivity index (χ4v) is 2.13. The van der Waals surface area contributed by atoms with Gasteiger partial charge in [0.2, 0.25) is 0 Å². The maximum Gasteiger partial charge on any atom is 0.0911 e. The molecule has 0 saturated carbocycles. The van der Waals surface area contributed by atoms with Gasteiger partial charge >= 0.3 is 0 Å². The van der Waals surface area contributed by atoms with E-state index in [0.29, 0.717) is 5.02 Å². The van der Waals surface area contributed by atoms with E-state index in [1.54, 1.807) is 4.68 Å². The first-order valence-corrected chi connectivity index (χ1v) is 6.17. The Bertz CT molecular complexity index is 598. The topological polar surface area (TPSA) is 41.6 Å². The fourth-order valence-electron chi connectivity index (χ4n) is 1.55. The van der Waals surface area contributed by atoms with Gasteiger partial charge in [0.1, 0.15) is 0 Å². The van der Waals surface area contributed by atoms with Crippen LogP contribution >= 0.6 is 27.5 Å². The zero-order valence-electron chi connectivity index (χ0n) is 9.11. The van der Waals surface area contributed by atoms with Gasteiger partial charge in [-0.2, -0.15) is 10.4 Å². The van der Waals surface area contributed by atoms with Crippen molar-refractivity contribution < 1.29 is 0 Å². The summed E-state index contributed by atoms with van der Waals surface area (Å²) in [7, 11) is 0. The molecule has 86 valence electrons. The average molecular weight is 311 g/mol. The SMILES string of the molecule is Cc1c(Cl)cccc1-n1cc(Br)c(CC#N)n1. The molecule has 0 aliphatic rings. The summed E-state index contributed by atoms with van der Waals surface area (Å²) in [6, 6.07) is 7.75. The Hall–Kier alpha value is -1.31. The Kier molecular flexibility index (Phi) is 3.51. The molecule has 1 aromatic heterocycles. The van der Waals surface area contributed by atoms with Crippen molar-refractivity contribution in [3.8, 4) is 11.8 Å². The Labute approximate surface area is 113 Å². The first-order chi connectivity index (χ1) is 8.13. The summed E-state index contributed by atoms with van der Waals surface area (Å²) in [5.41, 5.74) is 2.61. The second-order valence-corrected chi connectivity index (χ2v) is 4.85. The van der Waals surface area contributed by atoms with Crippen LogP contribution in [0.25, 0.3) is 5.69 Å². The molecule has 3 nitrogen and oxygen atoms in total. The standard InChI is InChI=1S/C12H9BrClN3/c1-8-10(14)3-2-4-12(8)17-7-9(13)11(16-17)5-6-15/h2-4,7H,5H2,1H3. The summed E-state index contributed by atoms with van der Waals surface area (Å²) in [6.07, 6.45) is 2.12. The molecule has 17 heavy (non-hydrogen) atoms. The van der Waals surface area contributed by atoms with Gasteiger partial charge in [0.15, 0.2) is 0 Å². The van der Waals surface area contributed by atoms with Gasteiger partial charge in [0.05, 0.1) is 28.3 Å². The molecule has 0 atom stereocenters. The molecule has 1 heterocycles. The molecule has 0 aliphatic carbocycles. The van der Waals surface area contributed by atoms with Crippen LogP contribution in [0.5, 0.6) is 0 Å². The quantitative estimate of drug-likeness (QED) is 0.849. The minimum atomic E-state index is 0.285. The normalized spacial score (nSPS) is 10.2. The lowest BCUT2D eigenvalue weighted by Crippen LogP contribution is -1.98. The van der Waals surface area contributed by atoms with Crippen molar-refractivity contribution in [1.82, 2.24) is 9.78 Å². The predicted molar refractivity (Wildman–Crippen MR) is 70.3 cm³/mol. The number of hydrogen-bond donors (Lipinski definition) is 0. The zero-order chi connectivity index (χ0) is 12.4. The molecule has 0 bridgehead atoms. The highest BCUT2D eigenvalue weighted by atomic mass is 79.9. The Morgan fingerprint density at radius 2 is 2.29 bits per heavy atom. The first-order valence-electron chi connectivity index (χ1n) is 5.00. The minimum Gasteiger partial charge on any atom is -0.239 e. The number of benzene rings is 1. The molecule has 0 radical (unpaired) electrons. The van der Waals surface area contributed by atoms with Crippen LogP contribution in [0.15, 0.2) is 28.9 Å². The van der Waals surface area contributed by atoms with Crippen LogP contribution < -0.4 is 0 Å². The van der Waals surface area contributed by atoms with E-state index in [2.05, 4.69) is 27.1 Å². The third kappa shape index (κ3) is 2.36. The minimum absolute atomic E-state index is 0.285. The van der Waals surface area contributed by atoms with E-state index in [9.17, 15) is 0 Å². The van der Waals surface area contributed by atoms with Crippen LogP contribution in [0.4, 0.5) is 0 Å². The molecule has 0 N–H and O–H groups in total. The van der Waals surface area contributed by atoms with E-state index in [1.165, 1.54) is 0 Å². The van der Waals surface area contributed by atoms with Crippen molar-refractivity contribution in [2.45, 2.75) is 13.3 Å². The maximum atomic E-state index is 8.68. The second kappa shape index (κ2) is 4.91. The van der Waals surface area contributed by atoms with Crippen LogP contribution in [0.3, 0.4) is 0 Å². The Morgan fingerprint density at radius 1 is 1.53 bits per heavy atom. The highest BCUT2D eigenvalue weighted by molar-refractivity contribution is 9.10. The summed E-state index contributed by atoms with van der Waals surface area (Å²) in [6.45, 7) is 1.94. The summed E-state index contributed by atoms with van der Waals surface area (Å²) in [4.78, 5) is 0. The lowest BCUT2D eigenvalue weighted by molar-refractivity contribution is 0.847. The monoisotopic (exact) mass is 309 g/mol. The van der Waals surface area contributed by atoms with Gasteiger partial charge in [-0.15, -0.1) is 0 Å². The molecular weight excluding hydrogens is 302 g/mol. The molecule has 0 unspecified atom stereocenters. The molecular formula is C12H9BrClN3. The third-order valence-corrected chi connectivity index (χ3v) is 3.54. The molecule has 0 aliphatic heterocycles. The van der Waals surface area contributed by atoms with Crippen LogP contribution in [0, 0.1) is 18.3 Å². The van der Waals surface area contributed by atoms with Crippen molar-refractivity contribution in [3.63, 3.8) is 0 Å². The largest absolute Gasteiger partial charge is 0.239 e. The van der Waals surface area contributed by atoms with E-state index >= 15 is 0 Å². The number of nitrogens with zero attached hydrogens (tertiary/aromatic N) is 3. The average Bonchev–Trinajstić information content (AvgIpc) is 2.65. The Balaban J connectivity index is 2.51. The summed E-state index contributed by atoms with van der Waals surface area (Å²) >= 11 is 9.46.